The highest BCUT2D eigenvalue weighted by atomic mass is 16.2. The lowest BCUT2D eigenvalue weighted by Gasteiger charge is -2.07. The highest BCUT2D eigenvalue weighted by Gasteiger charge is 2.09. The van der Waals surface area contributed by atoms with Gasteiger partial charge in [-0.1, -0.05) is 60.7 Å². The molecule has 3 aromatic carbocycles. The first kappa shape index (κ1) is 17.4. The fraction of sp³-hybridized carbons (Fsp3) is 0.0909. The Balaban J connectivity index is 1.53. The van der Waals surface area contributed by atoms with Gasteiger partial charge in [0.25, 0.3) is 11.8 Å². The molecule has 4 heteroatoms. The Morgan fingerprint density at radius 2 is 0.885 bits per heavy atom. The molecule has 0 aliphatic heterocycles. The standard InChI is InChI=1S/C22H20N2O2/c25-21(23-15-17-7-3-1-4-8-17)19-11-13-20(14-12-19)22(26)24-16-18-9-5-2-6-10-18/h1-14H,15-16H2,(H,23,25)(H,24,26). The molecular formula is C22H20N2O2. The van der Waals surface area contributed by atoms with Crippen molar-refractivity contribution in [3.05, 3.63) is 107 Å². The fourth-order valence-corrected chi connectivity index (χ4v) is 2.53. The smallest absolute Gasteiger partial charge is 0.251 e. The minimum absolute atomic E-state index is 0.162. The molecule has 0 bridgehead atoms. The summed E-state index contributed by atoms with van der Waals surface area (Å²) in [5.74, 6) is -0.324. The molecule has 0 heterocycles. The second-order valence-electron chi connectivity index (χ2n) is 5.91. The second kappa shape index (κ2) is 8.62. The lowest BCUT2D eigenvalue weighted by molar-refractivity contribution is 0.0939. The van der Waals surface area contributed by atoms with Gasteiger partial charge in [-0.15, -0.1) is 0 Å². The number of nitrogens with one attached hydrogen (secondary N) is 2. The van der Waals surface area contributed by atoms with Crippen LogP contribution in [-0.2, 0) is 13.1 Å². The van der Waals surface area contributed by atoms with Crippen LogP contribution in [0.4, 0.5) is 0 Å². The van der Waals surface area contributed by atoms with Gasteiger partial charge in [0.2, 0.25) is 0 Å². The van der Waals surface area contributed by atoms with Gasteiger partial charge in [-0.3, -0.25) is 9.59 Å². The summed E-state index contributed by atoms with van der Waals surface area (Å²) in [4.78, 5) is 24.4. The van der Waals surface area contributed by atoms with Crippen LogP contribution in [0.5, 0.6) is 0 Å². The Bertz CT molecular complexity index is 785. The Kier molecular flexibility index (Phi) is 5.78. The molecule has 3 aromatic rings. The van der Waals surface area contributed by atoms with Crippen molar-refractivity contribution in [3.8, 4) is 0 Å². The molecule has 2 amide bonds. The summed E-state index contributed by atoms with van der Waals surface area (Å²) in [6, 6.07) is 26.1. The second-order valence-corrected chi connectivity index (χ2v) is 5.91. The summed E-state index contributed by atoms with van der Waals surface area (Å²) in [5.41, 5.74) is 3.14. The number of carbonyl (C=O) groups excluding carboxylic acids is 2. The molecule has 26 heavy (non-hydrogen) atoms. The first-order valence-corrected chi connectivity index (χ1v) is 8.47. The normalized spacial score (nSPS) is 10.2. The Morgan fingerprint density at radius 1 is 0.538 bits per heavy atom. The van der Waals surface area contributed by atoms with Crippen LogP contribution in [0.25, 0.3) is 0 Å². The number of hydrogen-bond acceptors (Lipinski definition) is 2. The summed E-state index contributed by atoms with van der Waals surface area (Å²) < 4.78 is 0. The summed E-state index contributed by atoms with van der Waals surface area (Å²) in [6.45, 7) is 0.942. The number of rotatable bonds is 6. The zero-order chi connectivity index (χ0) is 18.2. The number of amides is 2. The van der Waals surface area contributed by atoms with E-state index in [1.165, 1.54) is 0 Å². The fourth-order valence-electron chi connectivity index (χ4n) is 2.53. The predicted octanol–water partition coefficient (Wildman–Crippen LogP) is 3.55. The van der Waals surface area contributed by atoms with Gasteiger partial charge in [0.05, 0.1) is 0 Å². The van der Waals surface area contributed by atoms with Crippen molar-refractivity contribution in [2.24, 2.45) is 0 Å². The van der Waals surface area contributed by atoms with Crippen LogP contribution in [0, 0.1) is 0 Å². The number of carbonyl (C=O) groups is 2. The van der Waals surface area contributed by atoms with Crippen LogP contribution in [0.2, 0.25) is 0 Å². The van der Waals surface area contributed by atoms with E-state index in [4.69, 9.17) is 0 Å². The maximum Gasteiger partial charge on any atom is 0.251 e. The molecule has 3 rings (SSSR count). The number of benzene rings is 3. The van der Waals surface area contributed by atoms with E-state index in [9.17, 15) is 9.59 Å². The molecule has 130 valence electrons. The SMILES string of the molecule is O=C(NCc1ccccc1)c1ccc(C(=O)NCc2ccccc2)cc1. The van der Waals surface area contributed by atoms with Gasteiger partial charge in [-0.05, 0) is 35.4 Å². The lowest BCUT2D eigenvalue weighted by atomic mass is 10.1. The zero-order valence-electron chi connectivity index (χ0n) is 14.3. The van der Waals surface area contributed by atoms with Crippen molar-refractivity contribution in [2.75, 3.05) is 0 Å². The van der Waals surface area contributed by atoms with Crippen molar-refractivity contribution in [1.82, 2.24) is 10.6 Å². The van der Waals surface area contributed by atoms with Gasteiger partial charge in [-0.25, -0.2) is 0 Å². The van der Waals surface area contributed by atoms with Gasteiger partial charge < -0.3 is 10.6 Å². The third kappa shape index (κ3) is 4.80. The van der Waals surface area contributed by atoms with Gasteiger partial charge in [0.1, 0.15) is 0 Å². The van der Waals surface area contributed by atoms with Gasteiger partial charge in [-0.2, -0.15) is 0 Å². The summed E-state index contributed by atoms with van der Waals surface area (Å²) >= 11 is 0. The average molecular weight is 344 g/mol. The molecule has 0 aliphatic rings. The van der Waals surface area contributed by atoms with Gasteiger partial charge in [0.15, 0.2) is 0 Å². The van der Waals surface area contributed by atoms with Gasteiger partial charge in [0, 0.05) is 24.2 Å². The van der Waals surface area contributed by atoms with Crippen LogP contribution in [0.3, 0.4) is 0 Å². The molecule has 0 unspecified atom stereocenters. The van der Waals surface area contributed by atoms with Crippen LogP contribution in [0.1, 0.15) is 31.8 Å². The van der Waals surface area contributed by atoms with Crippen LogP contribution in [-0.4, -0.2) is 11.8 Å². The van der Waals surface area contributed by atoms with E-state index in [0.29, 0.717) is 24.2 Å². The van der Waals surface area contributed by atoms with E-state index in [0.717, 1.165) is 11.1 Å². The van der Waals surface area contributed by atoms with E-state index < -0.39 is 0 Å². The van der Waals surface area contributed by atoms with Gasteiger partial charge >= 0.3 is 0 Å². The van der Waals surface area contributed by atoms with E-state index in [2.05, 4.69) is 10.6 Å². The first-order chi connectivity index (χ1) is 12.7. The minimum Gasteiger partial charge on any atom is -0.348 e. The number of hydrogen-bond donors (Lipinski definition) is 2. The predicted molar refractivity (Wildman–Crippen MR) is 102 cm³/mol. The Labute approximate surface area is 152 Å². The van der Waals surface area contributed by atoms with E-state index in [1.807, 2.05) is 60.7 Å². The van der Waals surface area contributed by atoms with Crippen LogP contribution in [0.15, 0.2) is 84.9 Å². The van der Waals surface area contributed by atoms with Crippen molar-refractivity contribution in [3.63, 3.8) is 0 Å². The van der Waals surface area contributed by atoms with E-state index in [-0.39, 0.29) is 11.8 Å². The summed E-state index contributed by atoms with van der Waals surface area (Å²) in [5, 5.41) is 5.74. The highest BCUT2D eigenvalue weighted by Crippen LogP contribution is 2.06. The molecule has 4 nitrogen and oxygen atoms in total. The van der Waals surface area contributed by atoms with Crippen molar-refractivity contribution in [1.29, 1.82) is 0 Å². The maximum atomic E-state index is 12.2. The summed E-state index contributed by atoms with van der Waals surface area (Å²) in [6.07, 6.45) is 0. The molecule has 2 N–H and O–H groups in total. The van der Waals surface area contributed by atoms with Crippen molar-refractivity contribution >= 4 is 11.8 Å². The molecular weight excluding hydrogens is 324 g/mol. The minimum atomic E-state index is -0.162. The van der Waals surface area contributed by atoms with Crippen LogP contribution < -0.4 is 10.6 Å². The Hall–Kier alpha value is -3.40. The molecule has 0 atom stereocenters. The zero-order valence-corrected chi connectivity index (χ0v) is 14.3. The molecule has 0 spiro atoms. The first-order valence-electron chi connectivity index (χ1n) is 8.47. The third-order valence-corrected chi connectivity index (χ3v) is 4.00. The molecule has 0 saturated heterocycles. The molecule has 0 radical (unpaired) electrons. The molecule has 0 saturated carbocycles. The Morgan fingerprint density at radius 3 is 1.23 bits per heavy atom. The highest BCUT2D eigenvalue weighted by molar-refractivity contribution is 5.97. The molecule has 0 fully saturated rings. The molecule has 0 aromatic heterocycles. The lowest BCUT2D eigenvalue weighted by Crippen LogP contribution is -2.24. The van der Waals surface area contributed by atoms with E-state index >= 15 is 0 Å². The monoisotopic (exact) mass is 344 g/mol. The third-order valence-electron chi connectivity index (χ3n) is 4.00. The van der Waals surface area contributed by atoms with E-state index in [1.54, 1.807) is 24.3 Å². The quantitative estimate of drug-likeness (QED) is 0.718. The average Bonchev–Trinajstić information content (AvgIpc) is 2.72. The summed E-state index contributed by atoms with van der Waals surface area (Å²) in [7, 11) is 0. The largest absolute Gasteiger partial charge is 0.348 e. The topological polar surface area (TPSA) is 58.2 Å². The van der Waals surface area contributed by atoms with Crippen LogP contribution >= 0.6 is 0 Å². The van der Waals surface area contributed by atoms with Crippen molar-refractivity contribution < 1.29 is 9.59 Å². The molecule has 0 aliphatic carbocycles. The maximum absolute atomic E-state index is 12.2. The van der Waals surface area contributed by atoms with Crippen molar-refractivity contribution in [2.45, 2.75) is 13.1 Å².